The van der Waals surface area contributed by atoms with Crippen LogP contribution in [0.2, 0.25) is 0 Å². The molecule has 1 unspecified atom stereocenters. The molecule has 7 nitrogen and oxygen atoms in total. The molecule has 8 heteroatoms. The summed E-state index contributed by atoms with van der Waals surface area (Å²) in [5.41, 5.74) is 0.285. The van der Waals surface area contributed by atoms with Gasteiger partial charge in [-0.25, -0.2) is 4.79 Å². The number of rotatable bonds is 2. The number of nitrogens with one attached hydrogen (secondary N) is 1. The summed E-state index contributed by atoms with van der Waals surface area (Å²) in [7, 11) is 0. The highest BCUT2D eigenvalue weighted by Gasteiger charge is 2.40. The monoisotopic (exact) mass is 283 g/mol. The molecular formula is C11H9NO6S. The van der Waals surface area contributed by atoms with E-state index in [4.69, 9.17) is 13.1 Å². The van der Waals surface area contributed by atoms with Crippen molar-refractivity contribution in [2.24, 2.45) is 0 Å². The van der Waals surface area contributed by atoms with Crippen molar-refractivity contribution in [2.75, 3.05) is 0 Å². The fourth-order valence-corrected chi connectivity index (χ4v) is 2.39. The van der Waals surface area contributed by atoms with Gasteiger partial charge in [-0.2, -0.15) is 4.21 Å². The molecule has 1 amide bonds. The van der Waals surface area contributed by atoms with Gasteiger partial charge in [-0.15, -0.1) is 0 Å². The molecule has 1 fully saturated rings. The van der Waals surface area contributed by atoms with Crippen molar-refractivity contribution in [1.29, 1.82) is 0 Å². The Bertz CT molecular complexity index is 601. The zero-order chi connectivity index (χ0) is 13.6. The number of benzene rings is 1. The van der Waals surface area contributed by atoms with E-state index in [0.29, 0.717) is 5.75 Å². The molecule has 2 aliphatic heterocycles. The van der Waals surface area contributed by atoms with Crippen LogP contribution in [0.5, 0.6) is 11.5 Å². The summed E-state index contributed by atoms with van der Waals surface area (Å²) in [4.78, 5) is 23.0. The third-order valence-electron chi connectivity index (χ3n) is 2.83. The third kappa shape index (κ3) is 2.03. The molecule has 1 saturated heterocycles. The van der Waals surface area contributed by atoms with Gasteiger partial charge in [0.2, 0.25) is 0 Å². The van der Waals surface area contributed by atoms with E-state index in [0.717, 1.165) is 0 Å². The second-order valence-corrected chi connectivity index (χ2v) is 4.87. The zero-order valence-electron chi connectivity index (χ0n) is 9.74. The van der Waals surface area contributed by atoms with E-state index >= 15 is 0 Å². The standard InChI is InChI=1S/C11H9NO6S/c1-5-9(11(14)16-5)12-10(13)6-2-3-7-8(4-6)18-19(15)17-7/h2-5,9H,1H3,(H,12,13)/t5-,9+,19?/m1/s1. The number of ether oxygens (including phenoxy) is 1. The SMILES string of the molecule is C[C@H]1OC(=O)[C@H]1NC(=O)c1ccc2c(c1)OS(=O)O2. The normalized spacial score (nSPS) is 27.4. The molecule has 0 radical (unpaired) electrons. The number of esters is 1. The van der Waals surface area contributed by atoms with Crippen LogP contribution in [-0.4, -0.2) is 28.2 Å². The Hall–Kier alpha value is -2.09. The van der Waals surface area contributed by atoms with E-state index in [1.165, 1.54) is 18.2 Å². The maximum atomic E-state index is 11.9. The van der Waals surface area contributed by atoms with Crippen molar-refractivity contribution in [3.8, 4) is 11.5 Å². The molecule has 3 rings (SSSR count). The van der Waals surface area contributed by atoms with Gasteiger partial charge in [-0.3, -0.25) is 4.79 Å². The van der Waals surface area contributed by atoms with E-state index in [2.05, 4.69) is 5.32 Å². The summed E-state index contributed by atoms with van der Waals surface area (Å²) in [5.74, 6) is -0.346. The van der Waals surface area contributed by atoms with Gasteiger partial charge >= 0.3 is 17.3 Å². The van der Waals surface area contributed by atoms with E-state index < -0.39 is 29.3 Å². The molecule has 3 atom stereocenters. The molecular weight excluding hydrogens is 274 g/mol. The van der Waals surface area contributed by atoms with Crippen molar-refractivity contribution in [1.82, 2.24) is 5.32 Å². The second-order valence-electron chi connectivity index (χ2n) is 4.13. The first-order valence-corrected chi connectivity index (χ1v) is 6.48. The lowest BCUT2D eigenvalue weighted by Crippen LogP contribution is -2.58. The van der Waals surface area contributed by atoms with Crippen LogP contribution in [0.4, 0.5) is 0 Å². The Labute approximate surface area is 110 Å². The Kier molecular flexibility index (Phi) is 2.67. The highest BCUT2D eigenvalue weighted by atomic mass is 32.2. The number of fused-ring (bicyclic) bond motifs is 1. The van der Waals surface area contributed by atoms with Crippen LogP contribution in [0.25, 0.3) is 0 Å². The Morgan fingerprint density at radius 2 is 2.05 bits per heavy atom. The van der Waals surface area contributed by atoms with Crippen molar-refractivity contribution in [3.63, 3.8) is 0 Å². The number of carbonyl (C=O) groups excluding carboxylic acids is 2. The summed E-state index contributed by atoms with van der Waals surface area (Å²) in [5, 5.41) is 2.55. The first kappa shape index (κ1) is 12.0. The van der Waals surface area contributed by atoms with Crippen LogP contribution in [0.15, 0.2) is 18.2 Å². The summed E-state index contributed by atoms with van der Waals surface area (Å²) in [6.07, 6.45) is -0.335. The molecule has 0 aromatic heterocycles. The van der Waals surface area contributed by atoms with Crippen LogP contribution in [0.1, 0.15) is 17.3 Å². The van der Waals surface area contributed by atoms with Crippen molar-refractivity contribution < 1.29 is 26.9 Å². The van der Waals surface area contributed by atoms with Crippen molar-refractivity contribution in [3.05, 3.63) is 23.8 Å². The van der Waals surface area contributed by atoms with E-state index in [1.54, 1.807) is 6.92 Å². The fourth-order valence-electron chi connectivity index (χ4n) is 1.79. The van der Waals surface area contributed by atoms with Crippen molar-refractivity contribution >= 4 is 23.2 Å². The lowest BCUT2D eigenvalue weighted by molar-refractivity contribution is -0.173. The number of amides is 1. The quantitative estimate of drug-likeness (QED) is 0.773. The summed E-state index contributed by atoms with van der Waals surface area (Å²) in [6.45, 7) is 1.69. The number of cyclic esters (lactones) is 1. The van der Waals surface area contributed by atoms with Gasteiger partial charge in [0.15, 0.2) is 17.5 Å². The largest absolute Gasteiger partial charge is 0.458 e. The highest BCUT2D eigenvalue weighted by molar-refractivity contribution is 7.76. The molecule has 0 spiro atoms. The van der Waals surface area contributed by atoms with Gasteiger partial charge < -0.3 is 18.4 Å². The van der Waals surface area contributed by atoms with Gasteiger partial charge in [-0.05, 0) is 25.1 Å². The van der Waals surface area contributed by atoms with Crippen molar-refractivity contribution in [2.45, 2.75) is 19.1 Å². The number of carbonyl (C=O) groups is 2. The second kappa shape index (κ2) is 4.23. The lowest BCUT2D eigenvalue weighted by Gasteiger charge is -2.32. The minimum absolute atomic E-state index is 0.232. The van der Waals surface area contributed by atoms with E-state index in [-0.39, 0.29) is 17.4 Å². The van der Waals surface area contributed by atoms with E-state index in [9.17, 15) is 13.8 Å². The van der Waals surface area contributed by atoms with Crippen LogP contribution in [-0.2, 0) is 20.9 Å². The molecule has 0 saturated carbocycles. The molecule has 19 heavy (non-hydrogen) atoms. The maximum Gasteiger partial charge on any atom is 0.417 e. The minimum Gasteiger partial charge on any atom is -0.458 e. The van der Waals surface area contributed by atoms with Crippen LogP contribution < -0.4 is 13.7 Å². The van der Waals surface area contributed by atoms with Crippen LogP contribution in [0.3, 0.4) is 0 Å². The fraction of sp³-hybridized carbons (Fsp3) is 0.273. The Balaban J connectivity index is 1.76. The maximum absolute atomic E-state index is 11.9. The van der Waals surface area contributed by atoms with Gasteiger partial charge in [0.25, 0.3) is 5.91 Å². The van der Waals surface area contributed by atoms with Gasteiger partial charge in [-0.1, -0.05) is 0 Å². The Morgan fingerprint density at radius 1 is 1.32 bits per heavy atom. The predicted molar refractivity (Wildman–Crippen MR) is 62.6 cm³/mol. The average molecular weight is 283 g/mol. The molecule has 2 aliphatic rings. The molecule has 1 N–H and O–H groups in total. The number of hydrogen-bond acceptors (Lipinski definition) is 6. The topological polar surface area (TPSA) is 90.9 Å². The molecule has 0 aliphatic carbocycles. The highest BCUT2D eigenvalue weighted by Crippen LogP contribution is 2.34. The number of hydrogen-bond donors (Lipinski definition) is 1. The predicted octanol–water partition coefficient (Wildman–Crippen LogP) is 0.0802. The molecule has 1 aromatic carbocycles. The smallest absolute Gasteiger partial charge is 0.417 e. The minimum atomic E-state index is -1.86. The van der Waals surface area contributed by atoms with Crippen LogP contribution in [0, 0.1) is 0 Å². The van der Waals surface area contributed by atoms with Crippen LogP contribution >= 0.6 is 0 Å². The average Bonchev–Trinajstić information content (AvgIpc) is 2.74. The molecule has 2 heterocycles. The Morgan fingerprint density at radius 3 is 2.74 bits per heavy atom. The van der Waals surface area contributed by atoms with Gasteiger partial charge in [0.05, 0.1) is 0 Å². The first-order chi connectivity index (χ1) is 9.04. The lowest BCUT2D eigenvalue weighted by atomic mass is 10.1. The summed E-state index contributed by atoms with van der Waals surface area (Å²) in [6, 6.07) is 3.75. The molecule has 100 valence electrons. The molecule has 0 bridgehead atoms. The van der Waals surface area contributed by atoms with Gasteiger partial charge in [0, 0.05) is 5.56 Å². The van der Waals surface area contributed by atoms with Gasteiger partial charge in [0.1, 0.15) is 6.10 Å². The molecule has 1 aromatic rings. The first-order valence-electron chi connectivity index (χ1n) is 5.48. The summed E-state index contributed by atoms with van der Waals surface area (Å²) < 4.78 is 25.4. The van der Waals surface area contributed by atoms with E-state index in [1.807, 2.05) is 0 Å². The summed E-state index contributed by atoms with van der Waals surface area (Å²) >= 11 is -1.86. The third-order valence-corrected chi connectivity index (χ3v) is 3.46. The zero-order valence-corrected chi connectivity index (χ0v) is 10.6.